The molecular formula is C63H43NO. The Labute approximate surface area is 378 Å². The Morgan fingerprint density at radius 3 is 1.66 bits per heavy atom. The van der Waals surface area contributed by atoms with Crippen LogP contribution in [0.1, 0.15) is 25.0 Å². The van der Waals surface area contributed by atoms with Crippen molar-refractivity contribution in [2.45, 2.75) is 19.3 Å². The van der Waals surface area contributed by atoms with Crippen molar-refractivity contribution in [1.29, 1.82) is 0 Å². The minimum Gasteiger partial charge on any atom is -0.456 e. The number of benzene rings is 11. The highest BCUT2D eigenvalue weighted by molar-refractivity contribution is 6.36. The van der Waals surface area contributed by atoms with E-state index in [2.05, 4.69) is 237 Å². The van der Waals surface area contributed by atoms with Gasteiger partial charge in [-0.25, -0.2) is 0 Å². The molecule has 12 aromatic rings. The van der Waals surface area contributed by atoms with Gasteiger partial charge in [0.25, 0.3) is 0 Å². The molecule has 0 amide bonds. The fourth-order valence-corrected chi connectivity index (χ4v) is 11.0. The monoisotopic (exact) mass is 829 g/mol. The third-order valence-corrected chi connectivity index (χ3v) is 14.1. The third kappa shape index (κ3) is 5.74. The lowest BCUT2D eigenvalue weighted by atomic mass is 9.82. The highest BCUT2D eigenvalue weighted by Crippen LogP contribution is 2.52. The molecule has 65 heavy (non-hydrogen) atoms. The SMILES string of the molecule is CC1(C)c2ccccc2-c2ccc(N(c3ccc(-c4cccc5c6ccc7oc8ccccc8c7c6c6ccccc6c45)cc3)c3ccccc3-c3ccc(-c4ccccc4)cc3)cc21. The molecule has 0 saturated carbocycles. The van der Waals surface area contributed by atoms with Gasteiger partial charge in [-0.05, 0) is 126 Å². The van der Waals surface area contributed by atoms with Crippen LogP contribution >= 0.6 is 0 Å². The Hall–Kier alpha value is -8.20. The van der Waals surface area contributed by atoms with E-state index in [4.69, 9.17) is 4.42 Å². The number of para-hydroxylation sites is 2. The van der Waals surface area contributed by atoms with Crippen LogP contribution in [-0.2, 0) is 5.41 Å². The van der Waals surface area contributed by atoms with Gasteiger partial charge in [-0.2, -0.15) is 0 Å². The van der Waals surface area contributed by atoms with Crippen molar-refractivity contribution < 1.29 is 4.42 Å². The van der Waals surface area contributed by atoms with E-state index in [1.165, 1.54) is 93.3 Å². The van der Waals surface area contributed by atoms with Crippen LogP contribution < -0.4 is 4.90 Å². The highest BCUT2D eigenvalue weighted by Gasteiger charge is 2.36. The van der Waals surface area contributed by atoms with Gasteiger partial charge in [0, 0.05) is 38.5 Å². The van der Waals surface area contributed by atoms with E-state index in [0.29, 0.717) is 0 Å². The lowest BCUT2D eigenvalue weighted by Crippen LogP contribution is -2.16. The number of hydrogen-bond donors (Lipinski definition) is 0. The van der Waals surface area contributed by atoms with Gasteiger partial charge < -0.3 is 9.32 Å². The first-order chi connectivity index (χ1) is 32.0. The van der Waals surface area contributed by atoms with Crippen molar-refractivity contribution in [3.8, 4) is 44.5 Å². The lowest BCUT2D eigenvalue weighted by molar-refractivity contribution is 0.660. The molecule has 306 valence electrons. The molecule has 0 atom stereocenters. The molecule has 0 spiro atoms. The summed E-state index contributed by atoms with van der Waals surface area (Å²) in [6.07, 6.45) is 0. The molecule has 1 aliphatic carbocycles. The van der Waals surface area contributed by atoms with Gasteiger partial charge >= 0.3 is 0 Å². The Morgan fingerprint density at radius 2 is 0.862 bits per heavy atom. The molecule has 2 nitrogen and oxygen atoms in total. The van der Waals surface area contributed by atoms with Gasteiger partial charge in [-0.1, -0.05) is 190 Å². The summed E-state index contributed by atoms with van der Waals surface area (Å²) < 4.78 is 6.41. The summed E-state index contributed by atoms with van der Waals surface area (Å²) in [7, 11) is 0. The average molecular weight is 830 g/mol. The largest absolute Gasteiger partial charge is 0.456 e. The Morgan fingerprint density at radius 1 is 0.323 bits per heavy atom. The first-order valence-electron chi connectivity index (χ1n) is 22.6. The quantitative estimate of drug-likeness (QED) is 0.155. The summed E-state index contributed by atoms with van der Waals surface area (Å²) >= 11 is 0. The fraction of sp³-hybridized carbons (Fsp3) is 0.0476. The number of furan rings is 1. The zero-order chi connectivity index (χ0) is 43.2. The minimum absolute atomic E-state index is 0.137. The molecule has 1 aliphatic rings. The molecule has 0 aliphatic heterocycles. The number of fused-ring (bicyclic) bond motifs is 13. The predicted molar refractivity (Wildman–Crippen MR) is 275 cm³/mol. The van der Waals surface area contributed by atoms with Crippen LogP contribution in [0.25, 0.3) is 98.8 Å². The zero-order valence-corrected chi connectivity index (χ0v) is 36.2. The number of anilines is 3. The molecule has 11 aromatic carbocycles. The maximum absolute atomic E-state index is 6.41. The summed E-state index contributed by atoms with van der Waals surface area (Å²) in [4.78, 5) is 2.45. The van der Waals surface area contributed by atoms with Crippen LogP contribution in [0, 0.1) is 0 Å². The van der Waals surface area contributed by atoms with Crippen molar-refractivity contribution in [2.24, 2.45) is 0 Å². The molecule has 0 fully saturated rings. The van der Waals surface area contributed by atoms with Crippen LogP contribution in [0.2, 0.25) is 0 Å². The van der Waals surface area contributed by atoms with Gasteiger partial charge in [0.05, 0.1) is 5.69 Å². The van der Waals surface area contributed by atoms with Crippen molar-refractivity contribution in [3.05, 3.63) is 236 Å². The van der Waals surface area contributed by atoms with Crippen molar-refractivity contribution in [1.82, 2.24) is 0 Å². The van der Waals surface area contributed by atoms with Gasteiger partial charge in [0.15, 0.2) is 0 Å². The third-order valence-electron chi connectivity index (χ3n) is 14.1. The van der Waals surface area contributed by atoms with Gasteiger partial charge in [0.2, 0.25) is 0 Å². The van der Waals surface area contributed by atoms with E-state index < -0.39 is 0 Å². The van der Waals surface area contributed by atoms with E-state index in [0.717, 1.165) is 33.6 Å². The molecular weight excluding hydrogens is 787 g/mol. The molecule has 0 unspecified atom stereocenters. The van der Waals surface area contributed by atoms with E-state index in [1.807, 2.05) is 6.07 Å². The molecule has 0 radical (unpaired) electrons. The smallest absolute Gasteiger partial charge is 0.136 e. The summed E-state index contributed by atoms with van der Waals surface area (Å²) in [5.74, 6) is 0. The van der Waals surface area contributed by atoms with Crippen LogP contribution in [0.4, 0.5) is 17.1 Å². The van der Waals surface area contributed by atoms with Crippen LogP contribution in [0.15, 0.2) is 229 Å². The first kappa shape index (κ1) is 37.4. The topological polar surface area (TPSA) is 16.4 Å². The Balaban J connectivity index is 0.984. The summed E-state index contributed by atoms with van der Waals surface area (Å²) in [6, 6.07) is 82.2. The number of nitrogens with zero attached hydrogens (tertiary/aromatic N) is 1. The lowest BCUT2D eigenvalue weighted by Gasteiger charge is -2.30. The van der Waals surface area contributed by atoms with Gasteiger partial charge in [0.1, 0.15) is 11.2 Å². The van der Waals surface area contributed by atoms with E-state index in [9.17, 15) is 0 Å². The summed E-state index contributed by atoms with van der Waals surface area (Å²) in [6.45, 7) is 4.72. The van der Waals surface area contributed by atoms with Gasteiger partial charge in [-0.15, -0.1) is 0 Å². The second-order valence-corrected chi connectivity index (χ2v) is 18.0. The minimum atomic E-state index is -0.137. The van der Waals surface area contributed by atoms with Crippen LogP contribution in [0.3, 0.4) is 0 Å². The van der Waals surface area contributed by atoms with Crippen LogP contribution in [-0.4, -0.2) is 0 Å². The maximum Gasteiger partial charge on any atom is 0.136 e. The van der Waals surface area contributed by atoms with Crippen molar-refractivity contribution >= 4 is 71.3 Å². The highest BCUT2D eigenvalue weighted by atomic mass is 16.3. The summed E-state index contributed by atoms with van der Waals surface area (Å²) in [5, 5.41) is 9.78. The number of hydrogen-bond acceptors (Lipinski definition) is 2. The van der Waals surface area contributed by atoms with Gasteiger partial charge in [-0.3, -0.25) is 0 Å². The molecule has 0 saturated heterocycles. The van der Waals surface area contributed by atoms with E-state index >= 15 is 0 Å². The molecule has 13 rings (SSSR count). The predicted octanol–water partition coefficient (Wildman–Crippen LogP) is 17.8. The molecule has 0 bridgehead atoms. The second-order valence-electron chi connectivity index (χ2n) is 18.0. The average Bonchev–Trinajstić information content (AvgIpc) is 3.86. The molecule has 0 N–H and O–H groups in total. The normalized spacial score (nSPS) is 12.9. The molecule has 1 aromatic heterocycles. The van der Waals surface area contributed by atoms with Crippen LogP contribution in [0.5, 0.6) is 0 Å². The standard InChI is InChI=1S/C63H43NO/c1-63(2)55-24-11-8-18-48(55)49-36-35-45(39-56(49)63)64(57-25-12-9-17-46(57)42-29-27-41(28-30-42)40-15-4-3-5-16-40)44-33-31-43(32-34-44)47-22-14-23-51-53-37-38-59-62(54-21-10-13-26-58(54)65-59)61(53)52-20-7-6-19-50(52)60(47)51/h3-39H,1-2H3. The zero-order valence-electron chi connectivity index (χ0n) is 36.2. The van der Waals surface area contributed by atoms with Crippen molar-refractivity contribution in [3.63, 3.8) is 0 Å². The fourth-order valence-electron chi connectivity index (χ4n) is 11.0. The first-order valence-corrected chi connectivity index (χ1v) is 22.6. The Kier molecular flexibility index (Phi) is 8.29. The van der Waals surface area contributed by atoms with E-state index in [-0.39, 0.29) is 5.41 Å². The van der Waals surface area contributed by atoms with Crippen molar-refractivity contribution in [2.75, 3.05) is 4.90 Å². The molecule has 2 heteroatoms. The maximum atomic E-state index is 6.41. The Bertz CT molecular complexity index is 3810. The summed E-state index contributed by atoms with van der Waals surface area (Å²) in [5.41, 5.74) is 17.6. The second kappa shape index (κ2) is 14.4. The van der Waals surface area contributed by atoms with E-state index in [1.54, 1.807) is 0 Å². The number of rotatable bonds is 6. The molecule has 1 heterocycles.